The quantitative estimate of drug-likeness (QED) is 0.503. The molecule has 1 spiro atoms. The largest absolute Gasteiger partial charge is 0.473 e. The fraction of sp³-hybridized carbons (Fsp3) is 0.346. The highest BCUT2D eigenvalue weighted by Crippen LogP contribution is 2.56. The molecule has 10 heteroatoms. The summed E-state index contributed by atoms with van der Waals surface area (Å²) in [6.07, 6.45) is -1.19. The zero-order valence-electron chi connectivity index (χ0n) is 19.1. The molecule has 1 aliphatic carbocycles. The van der Waals surface area contributed by atoms with Gasteiger partial charge in [0, 0.05) is 24.7 Å². The van der Waals surface area contributed by atoms with E-state index < -0.39 is 11.7 Å². The molecular weight excluding hydrogens is 473 g/mol. The summed E-state index contributed by atoms with van der Waals surface area (Å²) in [7, 11) is 0. The van der Waals surface area contributed by atoms with E-state index >= 15 is 0 Å². The summed E-state index contributed by atoms with van der Waals surface area (Å²) in [4.78, 5) is 19.0. The molecule has 3 aromatic rings. The molecule has 0 radical (unpaired) electrons. The number of benzene rings is 2. The first-order chi connectivity index (χ1) is 17.2. The first-order valence-corrected chi connectivity index (χ1v) is 11.6. The van der Waals surface area contributed by atoms with Gasteiger partial charge < -0.3 is 14.4 Å². The first kappa shape index (κ1) is 22.5. The van der Waals surface area contributed by atoms with Crippen LogP contribution < -0.4 is 20.1 Å². The predicted molar refractivity (Wildman–Crippen MR) is 123 cm³/mol. The molecule has 1 saturated carbocycles. The molecule has 184 valence electrons. The minimum absolute atomic E-state index is 0.0263. The van der Waals surface area contributed by atoms with E-state index in [-0.39, 0.29) is 40.8 Å². The summed E-state index contributed by atoms with van der Waals surface area (Å²) < 4.78 is 52.0. The first-order valence-electron chi connectivity index (χ1n) is 11.6. The molecule has 1 aromatic heterocycles. The minimum atomic E-state index is -4.50. The van der Waals surface area contributed by atoms with Crippen LogP contribution in [-0.4, -0.2) is 21.6 Å². The van der Waals surface area contributed by atoms with Gasteiger partial charge in [-0.3, -0.25) is 4.57 Å². The van der Waals surface area contributed by atoms with Crippen LogP contribution in [0.3, 0.4) is 0 Å². The molecule has 2 saturated heterocycles. The van der Waals surface area contributed by atoms with Gasteiger partial charge in [-0.25, -0.2) is 4.79 Å². The molecule has 4 aliphatic rings. The van der Waals surface area contributed by atoms with Crippen molar-refractivity contribution in [2.75, 3.05) is 11.4 Å². The van der Waals surface area contributed by atoms with Gasteiger partial charge in [0.15, 0.2) is 0 Å². The van der Waals surface area contributed by atoms with Crippen molar-refractivity contribution in [3.63, 3.8) is 0 Å². The van der Waals surface area contributed by atoms with Crippen LogP contribution in [0, 0.1) is 17.2 Å². The number of anilines is 1. The lowest BCUT2D eigenvalue weighted by molar-refractivity contribution is -0.137. The van der Waals surface area contributed by atoms with Crippen LogP contribution in [0.5, 0.6) is 17.4 Å². The Bertz CT molecular complexity index is 1450. The van der Waals surface area contributed by atoms with E-state index in [1.807, 2.05) is 6.07 Å². The molecule has 36 heavy (non-hydrogen) atoms. The van der Waals surface area contributed by atoms with Crippen LogP contribution in [0.2, 0.25) is 0 Å². The Hall–Kier alpha value is -4.00. The van der Waals surface area contributed by atoms with E-state index in [1.54, 1.807) is 22.8 Å². The third-order valence-electron chi connectivity index (χ3n) is 7.33. The van der Waals surface area contributed by atoms with Crippen molar-refractivity contribution in [3.8, 4) is 23.4 Å². The van der Waals surface area contributed by atoms with Crippen molar-refractivity contribution in [3.05, 3.63) is 75.7 Å². The van der Waals surface area contributed by atoms with E-state index in [9.17, 15) is 23.2 Å². The van der Waals surface area contributed by atoms with E-state index in [2.05, 4.69) is 9.88 Å². The molecule has 2 aromatic carbocycles. The van der Waals surface area contributed by atoms with Gasteiger partial charge in [0.05, 0.1) is 11.1 Å². The summed E-state index contributed by atoms with van der Waals surface area (Å²) in [5, 5.41) is 9.56. The Morgan fingerprint density at radius 2 is 2.00 bits per heavy atom. The summed E-state index contributed by atoms with van der Waals surface area (Å²) in [5.41, 5.74) is -0.237. The van der Waals surface area contributed by atoms with E-state index in [0.717, 1.165) is 30.9 Å². The van der Waals surface area contributed by atoms with Crippen LogP contribution in [0.15, 0.2) is 53.3 Å². The highest BCUT2D eigenvalue weighted by Gasteiger charge is 2.57. The SMILES string of the molecule is N#Cc1cc(COc2cc3n(c(=O)n2)CCC24CC(CN32)C4)ccc1Oc1cccc(C(F)(F)F)c1. The maximum absolute atomic E-state index is 13.0. The highest BCUT2D eigenvalue weighted by atomic mass is 19.4. The topological polar surface area (TPSA) is 80.4 Å². The molecule has 2 bridgehead atoms. The number of hydrogen-bond acceptors (Lipinski definition) is 6. The van der Waals surface area contributed by atoms with Crippen LogP contribution in [0.25, 0.3) is 0 Å². The molecule has 0 unspecified atom stereocenters. The summed E-state index contributed by atoms with van der Waals surface area (Å²) in [6, 6.07) is 13.0. The van der Waals surface area contributed by atoms with Gasteiger partial charge in [-0.1, -0.05) is 12.1 Å². The van der Waals surface area contributed by atoms with Crippen LogP contribution in [0.1, 0.15) is 36.0 Å². The van der Waals surface area contributed by atoms with Gasteiger partial charge in [0.2, 0.25) is 5.88 Å². The lowest BCUT2D eigenvalue weighted by Gasteiger charge is -2.46. The summed E-state index contributed by atoms with van der Waals surface area (Å²) in [5.74, 6) is 1.85. The van der Waals surface area contributed by atoms with E-state index in [4.69, 9.17) is 9.47 Å². The Balaban J connectivity index is 1.19. The number of rotatable bonds is 5. The van der Waals surface area contributed by atoms with Crippen LogP contribution in [-0.2, 0) is 19.3 Å². The van der Waals surface area contributed by atoms with Gasteiger partial charge in [0.25, 0.3) is 0 Å². The Labute approximate surface area is 204 Å². The number of halogens is 3. The molecule has 0 atom stereocenters. The van der Waals surface area contributed by atoms with Crippen molar-refractivity contribution in [2.45, 2.75) is 44.1 Å². The van der Waals surface area contributed by atoms with E-state index in [0.29, 0.717) is 18.0 Å². The molecule has 7 nitrogen and oxygen atoms in total. The average Bonchev–Trinajstić information content (AvgIpc) is 3.40. The maximum atomic E-state index is 13.0. The fourth-order valence-corrected chi connectivity index (χ4v) is 5.66. The van der Waals surface area contributed by atoms with Gasteiger partial charge in [-0.15, -0.1) is 0 Å². The van der Waals surface area contributed by atoms with Gasteiger partial charge in [0.1, 0.15) is 30.0 Å². The standard InChI is InChI=1S/C26H21F3N4O3/c27-26(28,29)19-2-1-3-20(9-19)36-21-5-4-16(8-18(21)13-30)15-35-22-10-23-32(24(34)31-22)7-6-25-11-17(12-25)14-33(23)25/h1-5,8-10,17H,6-7,11-12,14-15H2. The normalized spacial score (nSPS) is 21.7. The number of fused-ring (bicyclic) bond motifs is 1. The maximum Gasteiger partial charge on any atom is 0.416 e. The number of ether oxygens (including phenoxy) is 2. The second-order valence-electron chi connectivity index (χ2n) is 9.60. The zero-order chi connectivity index (χ0) is 25.1. The number of hydrogen-bond donors (Lipinski definition) is 0. The van der Waals surface area contributed by atoms with Crippen molar-refractivity contribution < 1.29 is 22.6 Å². The monoisotopic (exact) mass is 494 g/mol. The lowest BCUT2D eigenvalue weighted by atomic mass is 9.71. The van der Waals surface area contributed by atoms with Crippen LogP contribution in [0.4, 0.5) is 19.0 Å². The molecule has 0 amide bonds. The van der Waals surface area contributed by atoms with E-state index in [1.165, 1.54) is 31.0 Å². The molecule has 3 fully saturated rings. The Morgan fingerprint density at radius 3 is 2.78 bits per heavy atom. The summed E-state index contributed by atoms with van der Waals surface area (Å²) >= 11 is 0. The molecule has 4 heterocycles. The second kappa shape index (κ2) is 8.01. The number of aromatic nitrogens is 2. The molecule has 0 N–H and O–H groups in total. The highest BCUT2D eigenvalue weighted by molar-refractivity contribution is 5.52. The molecule has 3 aliphatic heterocycles. The number of nitrogens with zero attached hydrogens (tertiary/aromatic N) is 4. The Kier molecular flexibility index (Phi) is 5.00. The third-order valence-corrected chi connectivity index (χ3v) is 7.33. The van der Waals surface area contributed by atoms with Crippen molar-refractivity contribution in [1.82, 2.24) is 9.55 Å². The summed E-state index contributed by atoms with van der Waals surface area (Å²) in [6.45, 7) is 1.66. The Morgan fingerprint density at radius 1 is 1.17 bits per heavy atom. The van der Waals surface area contributed by atoms with Gasteiger partial charge >= 0.3 is 11.9 Å². The van der Waals surface area contributed by atoms with Gasteiger partial charge in [-0.2, -0.15) is 23.4 Å². The number of nitriles is 1. The molecule has 7 rings (SSSR count). The molecular formula is C26H21F3N4O3. The van der Waals surface area contributed by atoms with Crippen LogP contribution >= 0.6 is 0 Å². The van der Waals surface area contributed by atoms with Gasteiger partial charge in [-0.05, 0) is 61.1 Å². The second-order valence-corrected chi connectivity index (χ2v) is 9.60. The fourth-order valence-electron chi connectivity index (χ4n) is 5.66. The predicted octanol–water partition coefficient (Wildman–Crippen LogP) is 4.88. The smallest absolute Gasteiger partial charge is 0.416 e. The third kappa shape index (κ3) is 3.75. The lowest BCUT2D eigenvalue weighted by Crippen LogP contribution is -2.52. The van der Waals surface area contributed by atoms with Crippen molar-refractivity contribution in [2.24, 2.45) is 5.92 Å². The van der Waals surface area contributed by atoms with Crippen molar-refractivity contribution in [1.29, 1.82) is 5.26 Å². The van der Waals surface area contributed by atoms with Crippen molar-refractivity contribution >= 4 is 5.82 Å². The average molecular weight is 494 g/mol. The number of alkyl halides is 3. The minimum Gasteiger partial charge on any atom is -0.473 e. The zero-order valence-corrected chi connectivity index (χ0v) is 19.1.